The van der Waals surface area contributed by atoms with Gasteiger partial charge in [0.05, 0.1) is 12.9 Å². The first-order valence-electron chi connectivity index (χ1n) is 9.85. The van der Waals surface area contributed by atoms with Gasteiger partial charge in [-0.05, 0) is 50.1 Å². The molecular weight excluding hydrogens is 350 g/mol. The number of hydrogen-bond acceptors (Lipinski definition) is 4. The Balaban J connectivity index is 1.51. The summed E-state index contributed by atoms with van der Waals surface area (Å²) in [6.07, 6.45) is 6.71. The number of aromatic nitrogens is 2. The quantitative estimate of drug-likeness (QED) is 0.503. The smallest absolute Gasteiger partial charge is 0.161 e. The lowest BCUT2D eigenvalue weighted by Gasteiger charge is -2.14. The van der Waals surface area contributed by atoms with Gasteiger partial charge < -0.3 is 19.4 Å². The topological polar surface area (TPSA) is 48.3 Å². The number of nitrogens with one attached hydrogen (secondary N) is 1. The molecule has 0 atom stereocenters. The van der Waals surface area contributed by atoms with Crippen molar-refractivity contribution in [3.8, 4) is 11.5 Å². The van der Waals surface area contributed by atoms with Gasteiger partial charge in [-0.25, -0.2) is 4.98 Å². The predicted molar refractivity (Wildman–Crippen MR) is 112 cm³/mol. The minimum Gasteiger partial charge on any atom is -0.490 e. The third kappa shape index (κ3) is 6.13. The van der Waals surface area contributed by atoms with Crippen molar-refractivity contribution in [2.75, 3.05) is 13.2 Å². The molecule has 0 saturated carbocycles. The van der Waals surface area contributed by atoms with Crippen LogP contribution in [0.4, 0.5) is 0 Å². The molecule has 1 aromatic heterocycles. The Morgan fingerprint density at radius 2 is 1.96 bits per heavy atom. The van der Waals surface area contributed by atoms with Gasteiger partial charge in [-0.2, -0.15) is 0 Å². The second-order valence-electron chi connectivity index (χ2n) is 6.82. The highest BCUT2D eigenvalue weighted by atomic mass is 16.5. The number of nitrogens with zero attached hydrogens (tertiary/aromatic N) is 2. The summed E-state index contributed by atoms with van der Waals surface area (Å²) in [7, 11) is 0. The van der Waals surface area contributed by atoms with Gasteiger partial charge in [0.15, 0.2) is 11.5 Å². The summed E-state index contributed by atoms with van der Waals surface area (Å²) >= 11 is 0. The molecule has 5 heteroatoms. The molecule has 3 rings (SSSR count). The first kappa shape index (κ1) is 20.0. The van der Waals surface area contributed by atoms with E-state index in [1.165, 1.54) is 11.1 Å². The van der Waals surface area contributed by atoms with E-state index in [0.29, 0.717) is 13.2 Å². The van der Waals surface area contributed by atoms with Crippen LogP contribution in [0.25, 0.3) is 0 Å². The van der Waals surface area contributed by atoms with E-state index in [1.807, 2.05) is 31.7 Å². The second kappa shape index (κ2) is 10.5. The van der Waals surface area contributed by atoms with Crippen LogP contribution in [0, 0.1) is 6.92 Å². The van der Waals surface area contributed by atoms with Crippen LogP contribution in [0.15, 0.2) is 61.2 Å². The fraction of sp³-hybridized carbons (Fsp3) is 0.348. The van der Waals surface area contributed by atoms with Gasteiger partial charge in [0, 0.05) is 25.5 Å². The SMILES string of the molecule is CCOc1cc(CNCCCn2ccnc2)ccc1OCc1cccc(C)c1. The minimum atomic E-state index is 0.535. The molecule has 1 N–H and O–H groups in total. The zero-order valence-corrected chi connectivity index (χ0v) is 16.7. The molecule has 2 aromatic carbocycles. The molecule has 0 bridgehead atoms. The molecule has 3 aromatic rings. The molecule has 0 saturated heterocycles. The molecule has 0 amide bonds. The highest BCUT2D eigenvalue weighted by molar-refractivity contribution is 5.43. The van der Waals surface area contributed by atoms with Crippen LogP contribution in [0.5, 0.6) is 11.5 Å². The molecule has 5 nitrogen and oxygen atoms in total. The Labute approximate surface area is 167 Å². The highest BCUT2D eigenvalue weighted by Crippen LogP contribution is 2.29. The van der Waals surface area contributed by atoms with Crippen LogP contribution >= 0.6 is 0 Å². The lowest BCUT2D eigenvalue weighted by atomic mass is 10.1. The third-order valence-corrected chi connectivity index (χ3v) is 4.44. The largest absolute Gasteiger partial charge is 0.490 e. The number of ether oxygens (including phenoxy) is 2. The number of rotatable bonds is 11. The fourth-order valence-corrected chi connectivity index (χ4v) is 3.05. The van der Waals surface area contributed by atoms with Gasteiger partial charge >= 0.3 is 0 Å². The summed E-state index contributed by atoms with van der Waals surface area (Å²) < 4.78 is 13.9. The summed E-state index contributed by atoms with van der Waals surface area (Å²) in [6, 6.07) is 14.5. The zero-order valence-electron chi connectivity index (χ0n) is 16.7. The highest BCUT2D eigenvalue weighted by Gasteiger charge is 2.07. The van der Waals surface area contributed by atoms with Crippen molar-refractivity contribution in [2.45, 2.75) is 40.0 Å². The van der Waals surface area contributed by atoms with E-state index in [9.17, 15) is 0 Å². The van der Waals surface area contributed by atoms with Gasteiger partial charge in [0.25, 0.3) is 0 Å². The van der Waals surface area contributed by atoms with Crippen molar-refractivity contribution in [3.05, 3.63) is 77.9 Å². The van der Waals surface area contributed by atoms with Gasteiger partial charge in [-0.3, -0.25) is 0 Å². The van der Waals surface area contributed by atoms with E-state index in [4.69, 9.17) is 9.47 Å². The molecule has 1 heterocycles. The first-order chi connectivity index (χ1) is 13.7. The summed E-state index contributed by atoms with van der Waals surface area (Å²) in [6.45, 7) is 7.97. The fourth-order valence-electron chi connectivity index (χ4n) is 3.05. The molecule has 0 aliphatic rings. The molecule has 0 spiro atoms. The maximum Gasteiger partial charge on any atom is 0.161 e. The molecule has 148 valence electrons. The van der Waals surface area contributed by atoms with Crippen molar-refractivity contribution in [3.63, 3.8) is 0 Å². The van der Waals surface area contributed by atoms with Crippen LogP contribution in [-0.2, 0) is 19.7 Å². The first-order valence-corrected chi connectivity index (χ1v) is 9.85. The normalized spacial score (nSPS) is 10.8. The second-order valence-corrected chi connectivity index (χ2v) is 6.82. The van der Waals surface area contributed by atoms with Crippen LogP contribution in [0.1, 0.15) is 30.0 Å². The number of imidazole rings is 1. The van der Waals surface area contributed by atoms with E-state index in [-0.39, 0.29) is 0 Å². The molecule has 28 heavy (non-hydrogen) atoms. The number of aryl methyl sites for hydroxylation is 2. The summed E-state index contributed by atoms with van der Waals surface area (Å²) in [5.74, 6) is 1.58. The Morgan fingerprint density at radius 1 is 1.04 bits per heavy atom. The van der Waals surface area contributed by atoms with Crippen molar-refractivity contribution in [2.24, 2.45) is 0 Å². The van der Waals surface area contributed by atoms with E-state index >= 15 is 0 Å². The number of benzene rings is 2. The maximum absolute atomic E-state index is 6.02. The van der Waals surface area contributed by atoms with Crippen molar-refractivity contribution < 1.29 is 9.47 Å². The van der Waals surface area contributed by atoms with E-state index in [0.717, 1.165) is 43.1 Å². The molecule has 0 radical (unpaired) electrons. The van der Waals surface area contributed by atoms with Crippen molar-refractivity contribution >= 4 is 0 Å². The summed E-state index contributed by atoms with van der Waals surface area (Å²) in [5, 5.41) is 3.49. The third-order valence-electron chi connectivity index (χ3n) is 4.44. The van der Waals surface area contributed by atoms with Gasteiger partial charge in [-0.1, -0.05) is 35.9 Å². The van der Waals surface area contributed by atoms with Crippen LogP contribution in [0.3, 0.4) is 0 Å². The summed E-state index contributed by atoms with van der Waals surface area (Å²) in [5.41, 5.74) is 3.58. The Kier molecular flexibility index (Phi) is 7.50. The van der Waals surface area contributed by atoms with Gasteiger partial charge in [0.2, 0.25) is 0 Å². The summed E-state index contributed by atoms with van der Waals surface area (Å²) in [4.78, 5) is 4.06. The standard InChI is InChI=1S/C23H29N3O2/c1-3-27-23-15-20(16-24-10-5-12-26-13-11-25-18-26)8-9-22(23)28-17-21-7-4-6-19(2)14-21/h4,6-9,11,13-15,18,24H,3,5,10,12,16-17H2,1-2H3. The lowest BCUT2D eigenvalue weighted by Crippen LogP contribution is -2.16. The lowest BCUT2D eigenvalue weighted by molar-refractivity contribution is 0.269. The maximum atomic E-state index is 6.02. The van der Waals surface area contributed by atoms with E-state index in [1.54, 1.807) is 0 Å². The monoisotopic (exact) mass is 379 g/mol. The van der Waals surface area contributed by atoms with Gasteiger partial charge in [0.1, 0.15) is 6.61 Å². The molecule has 0 unspecified atom stereocenters. The van der Waals surface area contributed by atoms with Crippen LogP contribution in [-0.4, -0.2) is 22.7 Å². The minimum absolute atomic E-state index is 0.535. The molecule has 0 aliphatic carbocycles. The molecule has 0 fully saturated rings. The predicted octanol–water partition coefficient (Wildman–Crippen LogP) is 4.35. The van der Waals surface area contributed by atoms with Gasteiger partial charge in [-0.15, -0.1) is 0 Å². The average molecular weight is 380 g/mol. The molecule has 0 aliphatic heterocycles. The molecular formula is C23H29N3O2. The Bertz CT molecular complexity index is 847. The van der Waals surface area contributed by atoms with Crippen molar-refractivity contribution in [1.29, 1.82) is 0 Å². The zero-order chi connectivity index (χ0) is 19.6. The number of hydrogen-bond donors (Lipinski definition) is 1. The van der Waals surface area contributed by atoms with Crippen LogP contribution in [0.2, 0.25) is 0 Å². The Hall–Kier alpha value is -2.79. The average Bonchev–Trinajstić information content (AvgIpc) is 3.21. The van der Waals surface area contributed by atoms with Crippen LogP contribution < -0.4 is 14.8 Å². The van der Waals surface area contributed by atoms with E-state index in [2.05, 4.69) is 58.2 Å². The van der Waals surface area contributed by atoms with Crippen molar-refractivity contribution in [1.82, 2.24) is 14.9 Å². The van der Waals surface area contributed by atoms with E-state index < -0.39 is 0 Å². The Morgan fingerprint density at radius 3 is 2.75 bits per heavy atom.